The Kier molecular flexibility index (Phi) is 2.50. The largest absolute Gasteiger partial charge is 0.506 e. The molecule has 0 saturated carbocycles. The number of aromatic hydroxyl groups is 1. The fourth-order valence-corrected chi connectivity index (χ4v) is 2.75. The number of anilines is 1. The quantitative estimate of drug-likeness (QED) is 0.700. The van der Waals surface area contributed by atoms with Gasteiger partial charge in [-0.05, 0) is 30.3 Å². The third-order valence-corrected chi connectivity index (χ3v) is 3.75. The lowest BCUT2D eigenvalue weighted by molar-refractivity contribution is 0.0893. The van der Waals surface area contributed by atoms with Crippen LogP contribution in [-0.4, -0.2) is 21.9 Å². The van der Waals surface area contributed by atoms with Gasteiger partial charge >= 0.3 is 0 Å². The van der Waals surface area contributed by atoms with Crippen molar-refractivity contribution in [1.82, 2.24) is 4.98 Å². The lowest BCUT2D eigenvalue weighted by atomic mass is 9.96. The van der Waals surface area contributed by atoms with Crippen LogP contribution in [0.15, 0.2) is 54.7 Å². The van der Waals surface area contributed by atoms with E-state index in [-0.39, 0.29) is 11.3 Å². The number of amides is 2. The number of rotatable bonds is 1. The fraction of sp³-hybridized carbons (Fsp3) is 0. The second-order valence-corrected chi connectivity index (χ2v) is 5.00. The van der Waals surface area contributed by atoms with Crippen LogP contribution in [0.3, 0.4) is 0 Å². The molecular formula is C17H10N2O3. The molecule has 0 unspecified atom stereocenters. The molecular weight excluding hydrogens is 280 g/mol. The van der Waals surface area contributed by atoms with Crippen molar-refractivity contribution in [1.29, 1.82) is 0 Å². The summed E-state index contributed by atoms with van der Waals surface area (Å²) in [7, 11) is 0. The molecule has 106 valence electrons. The summed E-state index contributed by atoms with van der Waals surface area (Å²) < 4.78 is 0. The first kappa shape index (κ1) is 12.5. The standard InChI is InChI=1S/C17H10N2O3/c20-13-7-6-11-14-12(8-9-18-15(13)14)17(22)19(16(11)21)10-4-2-1-3-5-10/h1-9,20H. The van der Waals surface area contributed by atoms with Crippen molar-refractivity contribution in [2.24, 2.45) is 0 Å². The molecule has 2 amide bonds. The number of carbonyl (C=O) groups is 2. The molecule has 2 heterocycles. The number of phenols is 1. The van der Waals surface area contributed by atoms with Gasteiger partial charge in [0.25, 0.3) is 11.8 Å². The number of hydrogen-bond donors (Lipinski definition) is 1. The highest BCUT2D eigenvalue weighted by atomic mass is 16.3. The molecule has 5 heteroatoms. The van der Waals surface area contributed by atoms with Crippen molar-refractivity contribution >= 4 is 28.4 Å². The Balaban J connectivity index is 2.03. The lowest BCUT2D eigenvalue weighted by Crippen LogP contribution is -2.40. The van der Waals surface area contributed by atoms with Crippen molar-refractivity contribution in [3.8, 4) is 5.75 Å². The average molecular weight is 290 g/mol. The Morgan fingerprint density at radius 1 is 0.864 bits per heavy atom. The monoisotopic (exact) mass is 290 g/mol. The van der Waals surface area contributed by atoms with E-state index in [1.54, 1.807) is 30.3 Å². The number of carbonyl (C=O) groups excluding carboxylic acids is 2. The van der Waals surface area contributed by atoms with Crippen molar-refractivity contribution in [2.45, 2.75) is 0 Å². The summed E-state index contributed by atoms with van der Waals surface area (Å²) in [6, 6.07) is 13.3. The molecule has 2 aromatic carbocycles. The van der Waals surface area contributed by atoms with Gasteiger partial charge in [0.2, 0.25) is 0 Å². The molecule has 4 rings (SSSR count). The molecule has 3 aromatic rings. The van der Waals surface area contributed by atoms with Crippen molar-refractivity contribution in [3.63, 3.8) is 0 Å². The van der Waals surface area contributed by atoms with Gasteiger partial charge in [-0.2, -0.15) is 0 Å². The minimum atomic E-state index is -0.415. The van der Waals surface area contributed by atoms with Crippen LogP contribution in [0.4, 0.5) is 5.69 Å². The number of para-hydroxylation sites is 1. The van der Waals surface area contributed by atoms with Crippen LogP contribution >= 0.6 is 0 Å². The van der Waals surface area contributed by atoms with Gasteiger partial charge in [0, 0.05) is 11.6 Å². The zero-order valence-corrected chi connectivity index (χ0v) is 11.4. The van der Waals surface area contributed by atoms with Crippen molar-refractivity contribution in [2.75, 3.05) is 4.90 Å². The van der Waals surface area contributed by atoms with Crippen LogP contribution in [0.5, 0.6) is 5.75 Å². The highest BCUT2D eigenvalue weighted by Crippen LogP contribution is 2.35. The Morgan fingerprint density at radius 3 is 2.27 bits per heavy atom. The topological polar surface area (TPSA) is 70.5 Å². The highest BCUT2D eigenvalue weighted by molar-refractivity contribution is 6.35. The summed E-state index contributed by atoms with van der Waals surface area (Å²) in [6.07, 6.45) is 1.46. The molecule has 0 saturated heterocycles. The van der Waals surface area contributed by atoms with E-state index in [0.29, 0.717) is 22.2 Å². The van der Waals surface area contributed by atoms with Gasteiger partial charge in [-0.15, -0.1) is 0 Å². The van der Waals surface area contributed by atoms with E-state index in [0.717, 1.165) is 4.90 Å². The molecule has 5 nitrogen and oxygen atoms in total. The van der Waals surface area contributed by atoms with E-state index in [4.69, 9.17) is 0 Å². The van der Waals surface area contributed by atoms with Crippen LogP contribution in [0.25, 0.3) is 10.9 Å². The van der Waals surface area contributed by atoms with E-state index in [1.165, 1.54) is 18.3 Å². The number of imide groups is 1. The number of aromatic nitrogens is 1. The van der Waals surface area contributed by atoms with E-state index in [1.807, 2.05) is 6.07 Å². The van der Waals surface area contributed by atoms with Gasteiger partial charge < -0.3 is 5.11 Å². The number of pyridine rings is 1. The molecule has 1 aliphatic rings. The molecule has 22 heavy (non-hydrogen) atoms. The van der Waals surface area contributed by atoms with Crippen LogP contribution in [0, 0.1) is 0 Å². The molecule has 0 atom stereocenters. The van der Waals surface area contributed by atoms with Gasteiger partial charge in [-0.25, -0.2) is 4.90 Å². The molecule has 0 spiro atoms. The fourth-order valence-electron chi connectivity index (χ4n) is 2.75. The third-order valence-electron chi connectivity index (χ3n) is 3.75. The number of hydrogen-bond acceptors (Lipinski definition) is 4. The van der Waals surface area contributed by atoms with Crippen molar-refractivity contribution in [3.05, 3.63) is 65.9 Å². The first-order valence-electron chi connectivity index (χ1n) is 6.73. The summed E-state index contributed by atoms with van der Waals surface area (Å²) in [5, 5.41) is 10.3. The minimum absolute atomic E-state index is 0.0469. The molecule has 0 fully saturated rings. The molecule has 1 aromatic heterocycles. The van der Waals surface area contributed by atoms with Gasteiger partial charge in [0.1, 0.15) is 11.3 Å². The number of phenolic OH excluding ortho intramolecular Hbond substituents is 1. The normalized spacial score (nSPS) is 13.7. The number of nitrogens with zero attached hydrogens (tertiary/aromatic N) is 2. The van der Waals surface area contributed by atoms with Crippen LogP contribution in [0.1, 0.15) is 20.7 Å². The van der Waals surface area contributed by atoms with E-state index in [2.05, 4.69) is 4.98 Å². The molecule has 0 radical (unpaired) electrons. The summed E-state index contributed by atoms with van der Waals surface area (Å²) in [5.74, 6) is -0.877. The predicted molar refractivity (Wildman–Crippen MR) is 81.0 cm³/mol. The predicted octanol–water partition coefficient (Wildman–Crippen LogP) is 2.74. The van der Waals surface area contributed by atoms with E-state index in [9.17, 15) is 14.7 Å². The van der Waals surface area contributed by atoms with Crippen LogP contribution in [0.2, 0.25) is 0 Å². The zero-order valence-electron chi connectivity index (χ0n) is 11.4. The maximum absolute atomic E-state index is 12.7. The Bertz CT molecular complexity index is 913. The number of benzene rings is 2. The molecule has 1 aliphatic heterocycles. The van der Waals surface area contributed by atoms with E-state index < -0.39 is 11.8 Å². The maximum Gasteiger partial charge on any atom is 0.266 e. The summed E-state index contributed by atoms with van der Waals surface area (Å²) in [4.78, 5) is 30.7. The van der Waals surface area contributed by atoms with Gasteiger partial charge in [0.05, 0.1) is 16.8 Å². The Hall–Kier alpha value is -3.21. The molecule has 0 bridgehead atoms. The zero-order chi connectivity index (χ0) is 15.3. The average Bonchev–Trinajstić information content (AvgIpc) is 2.55. The summed E-state index contributed by atoms with van der Waals surface area (Å²) in [6.45, 7) is 0. The van der Waals surface area contributed by atoms with Gasteiger partial charge in [0.15, 0.2) is 0 Å². The second-order valence-electron chi connectivity index (χ2n) is 5.00. The molecule has 1 N–H and O–H groups in total. The maximum atomic E-state index is 12.7. The minimum Gasteiger partial charge on any atom is -0.506 e. The summed E-state index contributed by atoms with van der Waals surface area (Å²) in [5.41, 5.74) is 1.50. The first-order chi connectivity index (χ1) is 10.7. The van der Waals surface area contributed by atoms with E-state index >= 15 is 0 Å². The van der Waals surface area contributed by atoms with Gasteiger partial charge in [-0.1, -0.05) is 18.2 Å². The van der Waals surface area contributed by atoms with Gasteiger partial charge in [-0.3, -0.25) is 14.6 Å². The Morgan fingerprint density at radius 2 is 1.55 bits per heavy atom. The summed E-state index contributed by atoms with van der Waals surface area (Å²) >= 11 is 0. The Labute approximate surface area is 125 Å². The molecule has 0 aliphatic carbocycles. The van der Waals surface area contributed by atoms with Crippen LogP contribution < -0.4 is 4.90 Å². The lowest BCUT2D eigenvalue weighted by Gasteiger charge is -2.27. The SMILES string of the molecule is O=C1c2ccnc3c(O)ccc(c23)C(=O)N1c1ccccc1. The highest BCUT2D eigenvalue weighted by Gasteiger charge is 2.34. The third kappa shape index (κ3) is 1.56. The smallest absolute Gasteiger partial charge is 0.266 e. The van der Waals surface area contributed by atoms with Crippen molar-refractivity contribution < 1.29 is 14.7 Å². The second kappa shape index (κ2) is 4.39. The first-order valence-corrected chi connectivity index (χ1v) is 6.73. The van der Waals surface area contributed by atoms with Crippen LogP contribution in [-0.2, 0) is 0 Å².